The molecular weight excluding hydrogens is 472 g/mol. The molecule has 9 heteroatoms. The lowest BCUT2D eigenvalue weighted by Gasteiger charge is -2.13. The van der Waals surface area contributed by atoms with Crippen LogP contribution in [-0.2, 0) is 14.4 Å². The second-order valence-electron chi connectivity index (χ2n) is 8.32. The third-order valence-corrected chi connectivity index (χ3v) is 5.14. The molecule has 0 radical (unpaired) electrons. The number of amides is 3. The quantitative estimate of drug-likeness (QED) is 0.231. The number of carbonyl (C=O) groups is 3. The first kappa shape index (κ1) is 26.9. The zero-order valence-corrected chi connectivity index (χ0v) is 21.3. The fourth-order valence-electron chi connectivity index (χ4n) is 3.40. The Kier molecular flexibility index (Phi) is 9.37. The van der Waals surface area contributed by atoms with Gasteiger partial charge in [0, 0.05) is 11.4 Å². The minimum Gasteiger partial charge on any atom is -0.490 e. The van der Waals surface area contributed by atoms with Crippen LogP contribution < -0.4 is 25.5 Å². The van der Waals surface area contributed by atoms with Crippen LogP contribution in [0.3, 0.4) is 0 Å². The fraction of sp³-hybridized carbons (Fsp3) is 0.214. The van der Waals surface area contributed by atoms with Gasteiger partial charge in [-0.2, -0.15) is 5.10 Å². The van der Waals surface area contributed by atoms with Crippen molar-refractivity contribution >= 4 is 35.3 Å². The molecule has 192 valence electrons. The van der Waals surface area contributed by atoms with E-state index in [4.69, 9.17) is 9.47 Å². The van der Waals surface area contributed by atoms with E-state index in [1.165, 1.54) is 6.21 Å². The van der Waals surface area contributed by atoms with Gasteiger partial charge in [0.05, 0.1) is 12.8 Å². The van der Waals surface area contributed by atoms with Crippen molar-refractivity contribution in [1.82, 2.24) is 5.43 Å². The highest BCUT2D eigenvalue weighted by molar-refractivity contribution is 6.39. The maximum absolute atomic E-state index is 12.4. The summed E-state index contributed by atoms with van der Waals surface area (Å²) in [7, 11) is 0. The molecule has 3 aromatic carbocycles. The molecule has 0 aromatic heterocycles. The molecule has 0 aliphatic carbocycles. The van der Waals surface area contributed by atoms with Crippen LogP contribution in [0.2, 0.25) is 0 Å². The van der Waals surface area contributed by atoms with Gasteiger partial charge in [0.15, 0.2) is 18.1 Å². The summed E-state index contributed by atoms with van der Waals surface area (Å²) < 4.78 is 11.3. The number of hydrogen-bond acceptors (Lipinski definition) is 6. The predicted molar refractivity (Wildman–Crippen MR) is 143 cm³/mol. The standard InChI is InChI=1S/C28H30N4O5/c1-5-36-25-15-21(16-29-32-28(35)27(34)30-22-8-6-7-18(2)14-22)10-12-24(25)37-17-26(33)31-23-11-9-19(3)13-20(23)4/h6-16H,5,17H2,1-4H3,(H,30,34)(H,31,33)(H,32,35)/b29-16-. The maximum Gasteiger partial charge on any atom is 0.329 e. The molecule has 3 amide bonds. The Morgan fingerprint density at radius 2 is 1.62 bits per heavy atom. The Balaban J connectivity index is 1.56. The first-order chi connectivity index (χ1) is 17.7. The van der Waals surface area contributed by atoms with Crippen molar-refractivity contribution in [2.75, 3.05) is 23.8 Å². The number of nitrogens with one attached hydrogen (secondary N) is 3. The van der Waals surface area contributed by atoms with Gasteiger partial charge in [-0.15, -0.1) is 0 Å². The first-order valence-electron chi connectivity index (χ1n) is 11.7. The normalized spacial score (nSPS) is 10.6. The van der Waals surface area contributed by atoms with E-state index >= 15 is 0 Å². The Hall–Kier alpha value is -4.66. The summed E-state index contributed by atoms with van der Waals surface area (Å²) in [4.78, 5) is 36.5. The lowest BCUT2D eigenvalue weighted by Crippen LogP contribution is -2.32. The van der Waals surface area contributed by atoms with Crippen LogP contribution in [0.4, 0.5) is 11.4 Å². The maximum atomic E-state index is 12.4. The van der Waals surface area contributed by atoms with E-state index in [0.29, 0.717) is 29.4 Å². The van der Waals surface area contributed by atoms with Gasteiger partial charge in [-0.25, -0.2) is 5.43 Å². The van der Waals surface area contributed by atoms with Crippen molar-refractivity contribution in [3.05, 3.63) is 82.9 Å². The largest absolute Gasteiger partial charge is 0.490 e. The van der Waals surface area contributed by atoms with Crippen molar-refractivity contribution in [3.8, 4) is 11.5 Å². The van der Waals surface area contributed by atoms with Crippen LogP contribution in [0.15, 0.2) is 65.8 Å². The second-order valence-corrected chi connectivity index (χ2v) is 8.32. The average Bonchev–Trinajstić information content (AvgIpc) is 2.85. The molecule has 3 aromatic rings. The highest BCUT2D eigenvalue weighted by Crippen LogP contribution is 2.28. The molecule has 9 nitrogen and oxygen atoms in total. The molecule has 0 fully saturated rings. The molecule has 37 heavy (non-hydrogen) atoms. The van der Waals surface area contributed by atoms with Gasteiger partial charge in [-0.3, -0.25) is 14.4 Å². The van der Waals surface area contributed by atoms with Crippen LogP contribution in [0.25, 0.3) is 0 Å². The van der Waals surface area contributed by atoms with Crippen molar-refractivity contribution in [3.63, 3.8) is 0 Å². The first-order valence-corrected chi connectivity index (χ1v) is 11.7. The number of carbonyl (C=O) groups excluding carboxylic acids is 3. The van der Waals surface area contributed by atoms with Gasteiger partial charge in [-0.1, -0.05) is 29.8 Å². The second kappa shape index (κ2) is 12.9. The molecule has 0 bridgehead atoms. The molecule has 0 heterocycles. The predicted octanol–water partition coefficient (Wildman–Crippen LogP) is 4.12. The van der Waals surface area contributed by atoms with E-state index < -0.39 is 11.8 Å². The summed E-state index contributed by atoms with van der Waals surface area (Å²) in [5.41, 5.74) is 7.07. The minimum absolute atomic E-state index is 0.201. The molecule has 0 aliphatic heterocycles. The molecule has 0 spiro atoms. The van der Waals surface area contributed by atoms with Gasteiger partial charge in [0.2, 0.25) is 0 Å². The fourth-order valence-corrected chi connectivity index (χ4v) is 3.40. The third-order valence-electron chi connectivity index (χ3n) is 5.14. The monoisotopic (exact) mass is 502 g/mol. The van der Waals surface area contributed by atoms with E-state index in [-0.39, 0.29) is 12.5 Å². The average molecular weight is 503 g/mol. The Bertz CT molecular complexity index is 1320. The molecule has 0 saturated carbocycles. The number of aryl methyl sites for hydroxylation is 3. The lowest BCUT2D eigenvalue weighted by atomic mass is 10.1. The summed E-state index contributed by atoms with van der Waals surface area (Å²) >= 11 is 0. The van der Waals surface area contributed by atoms with Gasteiger partial charge in [0.1, 0.15) is 0 Å². The van der Waals surface area contributed by atoms with Crippen LogP contribution in [0.1, 0.15) is 29.2 Å². The SMILES string of the molecule is CCOc1cc(/C=N\NC(=O)C(=O)Nc2cccc(C)c2)ccc1OCC(=O)Nc1ccc(C)cc1C. The molecule has 0 aliphatic rings. The summed E-state index contributed by atoms with van der Waals surface area (Å²) in [5.74, 6) is -1.24. The lowest BCUT2D eigenvalue weighted by molar-refractivity contribution is -0.136. The summed E-state index contributed by atoms with van der Waals surface area (Å²) in [6.45, 7) is 7.80. The Morgan fingerprint density at radius 1 is 0.838 bits per heavy atom. The van der Waals surface area contributed by atoms with Crippen LogP contribution in [-0.4, -0.2) is 37.1 Å². The van der Waals surface area contributed by atoms with Gasteiger partial charge >= 0.3 is 11.8 Å². The molecular formula is C28H30N4O5. The topological polar surface area (TPSA) is 118 Å². The van der Waals surface area contributed by atoms with E-state index in [1.54, 1.807) is 36.4 Å². The molecule has 3 N–H and O–H groups in total. The van der Waals surface area contributed by atoms with Crippen LogP contribution >= 0.6 is 0 Å². The summed E-state index contributed by atoms with van der Waals surface area (Å²) in [5, 5.41) is 9.19. The number of anilines is 2. The van der Waals surface area contributed by atoms with E-state index in [2.05, 4.69) is 21.2 Å². The number of hydrazone groups is 1. The van der Waals surface area contributed by atoms with Gasteiger partial charge in [0.25, 0.3) is 5.91 Å². The highest BCUT2D eigenvalue weighted by atomic mass is 16.5. The Morgan fingerprint density at radius 3 is 2.35 bits per heavy atom. The number of hydrogen-bond donors (Lipinski definition) is 3. The zero-order chi connectivity index (χ0) is 26.8. The van der Waals surface area contributed by atoms with Crippen molar-refractivity contribution in [2.24, 2.45) is 5.10 Å². The number of benzene rings is 3. The molecule has 0 atom stereocenters. The summed E-state index contributed by atoms with van der Waals surface area (Å²) in [6.07, 6.45) is 1.37. The molecule has 0 saturated heterocycles. The Labute approximate surface area is 215 Å². The number of nitrogens with zero attached hydrogens (tertiary/aromatic N) is 1. The van der Waals surface area contributed by atoms with Crippen molar-refractivity contribution in [1.29, 1.82) is 0 Å². The highest BCUT2D eigenvalue weighted by Gasteiger charge is 2.13. The summed E-state index contributed by atoms with van der Waals surface area (Å²) in [6, 6.07) is 17.9. The third kappa shape index (κ3) is 8.21. The van der Waals surface area contributed by atoms with Crippen LogP contribution in [0, 0.1) is 20.8 Å². The van der Waals surface area contributed by atoms with Crippen LogP contribution in [0.5, 0.6) is 11.5 Å². The number of rotatable bonds is 9. The van der Waals surface area contributed by atoms with Crippen molar-refractivity contribution in [2.45, 2.75) is 27.7 Å². The van der Waals surface area contributed by atoms with E-state index in [9.17, 15) is 14.4 Å². The van der Waals surface area contributed by atoms with Gasteiger partial charge < -0.3 is 20.1 Å². The van der Waals surface area contributed by atoms with E-state index in [0.717, 1.165) is 22.4 Å². The number of ether oxygens (including phenoxy) is 2. The minimum atomic E-state index is -0.905. The zero-order valence-electron chi connectivity index (χ0n) is 21.3. The molecule has 0 unspecified atom stereocenters. The van der Waals surface area contributed by atoms with E-state index in [1.807, 2.05) is 52.0 Å². The van der Waals surface area contributed by atoms with Gasteiger partial charge in [-0.05, 0) is 80.8 Å². The smallest absolute Gasteiger partial charge is 0.329 e. The molecule has 3 rings (SSSR count). The van der Waals surface area contributed by atoms with Crippen molar-refractivity contribution < 1.29 is 23.9 Å².